The number of carbonyl (C=O) groups excluding carboxylic acids is 1. The normalized spacial score (nSPS) is 12.1. The molecular weight excluding hydrogens is 387 g/mol. The second-order valence-corrected chi connectivity index (χ2v) is 7.02. The minimum atomic E-state index is -5.07. The zero-order chi connectivity index (χ0) is 20.1. The molecule has 0 aliphatic heterocycles. The van der Waals surface area contributed by atoms with Gasteiger partial charge in [0.1, 0.15) is 0 Å². The van der Waals surface area contributed by atoms with Gasteiger partial charge in [0.25, 0.3) is 0 Å². The molecule has 0 atom stereocenters. The molecule has 27 heavy (non-hydrogen) atoms. The number of hydrogen-bond donors (Lipinski definition) is 1. The van der Waals surface area contributed by atoms with Gasteiger partial charge in [0.05, 0.1) is 17.4 Å². The summed E-state index contributed by atoms with van der Waals surface area (Å²) in [6.07, 6.45) is -3.47. The number of benzene rings is 2. The summed E-state index contributed by atoms with van der Waals surface area (Å²) in [5.74, 6) is -2.81. The summed E-state index contributed by atoms with van der Waals surface area (Å²) < 4.78 is 68.3. The zero-order valence-corrected chi connectivity index (χ0v) is 14.4. The fourth-order valence-corrected chi connectivity index (χ4v) is 3.30. The molecular formula is C17H13F3NO5S-. The topological polar surface area (TPSA) is 95.5 Å². The number of alkyl halides is 3. The van der Waals surface area contributed by atoms with E-state index >= 15 is 0 Å². The lowest BCUT2D eigenvalue weighted by atomic mass is 10.2. The molecule has 2 aromatic carbocycles. The van der Waals surface area contributed by atoms with E-state index in [4.69, 9.17) is 0 Å². The smallest absolute Gasteiger partial charge is 0.545 e. The fourth-order valence-electron chi connectivity index (χ4n) is 2.10. The van der Waals surface area contributed by atoms with Gasteiger partial charge in [-0.15, -0.1) is 13.2 Å². The Balaban J connectivity index is 2.32. The van der Waals surface area contributed by atoms with Crippen LogP contribution >= 0.6 is 0 Å². The Hall–Kier alpha value is -3.01. The Morgan fingerprint density at radius 2 is 1.81 bits per heavy atom. The van der Waals surface area contributed by atoms with E-state index in [0.717, 1.165) is 18.2 Å². The van der Waals surface area contributed by atoms with E-state index in [1.165, 1.54) is 6.07 Å². The summed E-state index contributed by atoms with van der Waals surface area (Å²) in [6.45, 7) is 0. The third-order valence-electron chi connectivity index (χ3n) is 3.11. The van der Waals surface area contributed by atoms with E-state index in [0.29, 0.717) is 11.6 Å². The number of ether oxygens (including phenoxy) is 1. The highest BCUT2D eigenvalue weighted by atomic mass is 32.2. The maximum Gasteiger partial charge on any atom is 0.573 e. The van der Waals surface area contributed by atoms with Gasteiger partial charge in [-0.3, -0.25) is 4.72 Å². The van der Waals surface area contributed by atoms with Crippen molar-refractivity contribution in [1.29, 1.82) is 0 Å². The number of carboxylic acids is 1. The van der Waals surface area contributed by atoms with Crippen LogP contribution in [-0.4, -0.2) is 20.7 Å². The maximum atomic E-state index is 12.6. The molecule has 0 aliphatic rings. The number of halogens is 3. The fraction of sp³-hybridized carbons (Fsp3) is 0.118. The second-order valence-electron chi connectivity index (χ2n) is 5.30. The van der Waals surface area contributed by atoms with Gasteiger partial charge in [-0.25, -0.2) is 8.42 Å². The molecule has 6 nitrogen and oxygen atoms in total. The molecule has 0 spiro atoms. The SMILES string of the molecule is O=C([O-])C=Cc1ccc(NS(=O)(=O)Cc2ccccc2)c(OC(F)(F)F)c1. The number of carbonyl (C=O) groups is 1. The van der Waals surface area contributed by atoms with E-state index in [9.17, 15) is 31.5 Å². The first-order chi connectivity index (χ1) is 12.5. The van der Waals surface area contributed by atoms with E-state index in [2.05, 4.69) is 4.74 Å². The van der Waals surface area contributed by atoms with Gasteiger partial charge >= 0.3 is 6.36 Å². The molecule has 144 valence electrons. The van der Waals surface area contributed by atoms with Gasteiger partial charge in [0.15, 0.2) is 5.75 Å². The highest BCUT2D eigenvalue weighted by molar-refractivity contribution is 7.91. The predicted molar refractivity (Wildman–Crippen MR) is 89.9 cm³/mol. The standard InChI is InChI=1S/C17H14F3NO5S/c18-17(19,20)26-15-10-12(7-9-16(22)23)6-8-14(15)21-27(24,25)11-13-4-2-1-3-5-13/h1-10,21H,11H2,(H,22,23)/p-1. The highest BCUT2D eigenvalue weighted by Crippen LogP contribution is 2.32. The summed E-state index contributed by atoms with van der Waals surface area (Å²) in [7, 11) is -4.02. The zero-order valence-electron chi connectivity index (χ0n) is 13.6. The Morgan fingerprint density at radius 3 is 2.41 bits per heavy atom. The van der Waals surface area contributed by atoms with Crippen LogP contribution in [-0.2, 0) is 20.6 Å². The van der Waals surface area contributed by atoms with Gasteiger partial charge < -0.3 is 14.6 Å². The average Bonchev–Trinajstić information content (AvgIpc) is 2.54. The minimum Gasteiger partial charge on any atom is -0.545 e. The number of nitrogens with one attached hydrogen (secondary N) is 1. The van der Waals surface area contributed by atoms with Crippen LogP contribution in [0.5, 0.6) is 5.75 Å². The Labute approximate surface area is 153 Å². The summed E-state index contributed by atoms with van der Waals surface area (Å²) in [6, 6.07) is 11.2. The molecule has 1 N–H and O–H groups in total. The largest absolute Gasteiger partial charge is 0.573 e. The Bertz CT molecular complexity index is 941. The molecule has 0 fully saturated rings. The number of carboxylic acid groups (broad SMARTS) is 1. The van der Waals surface area contributed by atoms with Crippen LogP contribution in [0.15, 0.2) is 54.6 Å². The van der Waals surface area contributed by atoms with E-state index in [1.54, 1.807) is 30.3 Å². The molecule has 0 amide bonds. The lowest BCUT2D eigenvalue weighted by Crippen LogP contribution is -2.20. The Morgan fingerprint density at radius 1 is 1.15 bits per heavy atom. The summed E-state index contributed by atoms with van der Waals surface area (Å²) in [5, 5.41) is 10.4. The monoisotopic (exact) mass is 400 g/mol. The molecule has 0 aromatic heterocycles. The first-order valence-corrected chi connectivity index (χ1v) is 9.02. The van der Waals surface area contributed by atoms with Crippen molar-refractivity contribution in [3.05, 3.63) is 65.7 Å². The molecule has 10 heteroatoms. The highest BCUT2D eigenvalue weighted by Gasteiger charge is 2.32. The van der Waals surface area contributed by atoms with Gasteiger partial charge in [-0.2, -0.15) is 0 Å². The third kappa shape index (κ3) is 7.02. The van der Waals surface area contributed by atoms with Crippen LogP contribution in [0.2, 0.25) is 0 Å². The first kappa shape index (κ1) is 20.3. The van der Waals surface area contributed by atoms with Crippen molar-refractivity contribution >= 4 is 27.8 Å². The van der Waals surface area contributed by atoms with Crippen molar-refractivity contribution in [3.63, 3.8) is 0 Å². The van der Waals surface area contributed by atoms with Crippen molar-refractivity contribution < 1.29 is 36.2 Å². The number of hydrogen-bond acceptors (Lipinski definition) is 5. The first-order valence-electron chi connectivity index (χ1n) is 7.37. The van der Waals surface area contributed by atoms with Crippen LogP contribution in [0.25, 0.3) is 6.08 Å². The molecule has 0 saturated carbocycles. The van der Waals surface area contributed by atoms with Crippen LogP contribution in [0, 0.1) is 0 Å². The van der Waals surface area contributed by atoms with Crippen molar-refractivity contribution in [1.82, 2.24) is 0 Å². The quantitative estimate of drug-likeness (QED) is 0.720. The molecule has 2 aromatic rings. The van der Waals surface area contributed by atoms with Gasteiger partial charge in [-0.05, 0) is 29.3 Å². The van der Waals surface area contributed by atoms with Gasteiger partial charge in [-0.1, -0.05) is 42.5 Å². The van der Waals surface area contributed by atoms with Crippen LogP contribution in [0.1, 0.15) is 11.1 Å². The molecule has 0 unspecified atom stereocenters. The van der Waals surface area contributed by atoms with Crippen molar-refractivity contribution in [2.24, 2.45) is 0 Å². The van der Waals surface area contributed by atoms with E-state index in [1.807, 2.05) is 4.72 Å². The third-order valence-corrected chi connectivity index (χ3v) is 4.35. The van der Waals surface area contributed by atoms with Crippen molar-refractivity contribution in [3.8, 4) is 5.75 Å². The number of rotatable bonds is 7. The van der Waals surface area contributed by atoms with Gasteiger partial charge in [0, 0.05) is 0 Å². The molecule has 0 heterocycles. The molecule has 0 bridgehead atoms. The molecule has 0 saturated heterocycles. The van der Waals surface area contributed by atoms with Crippen LogP contribution in [0.4, 0.5) is 18.9 Å². The molecule has 0 aliphatic carbocycles. The Kier molecular flexibility index (Phi) is 6.11. The van der Waals surface area contributed by atoms with Crippen LogP contribution < -0.4 is 14.6 Å². The van der Waals surface area contributed by atoms with Crippen molar-refractivity contribution in [2.75, 3.05) is 4.72 Å². The number of anilines is 1. The van der Waals surface area contributed by atoms with Gasteiger partial charge in [0.2, 0.25) is 10.0 Å². The van der Waals surface area contributed by atoms with Crippen molar-refractivity contribution in [2.45, 2.75) is 12.1 Å². The van der Waals surface area contributed by atoms with E-state index < -0.39 is 39.5 Å². The number of aliphatic carboxylic acids is 1. The molecule has 2 rings (SSSR count). The predicted octanol–water partition coefficient (Wildman–Crippen LogP) is 2.29. The maximum absolute atomic E-state index is 12.6. The summed E-state index contributed by atoms with van der Waals surface area (Å²) in [4.78, 5) is 10.4. The van der Waals surface area contributed by atoms with E-state index in [-0.39, 0.29) is 5.56 Å². The lowest BCUT2D eigenvalue weighted by molar-refractivity contribution is -0.297. The summed E-state index contributed by atoms with van der Waals surface area (Å²) in [5.41, 5.74) is 0.0510. The number of sulfonamides is 1. The minimum absolute atomic E-state index is 0.0458. The summed E-state index contributed by atoms with van der Waals surface area (Å²) >= 11 is 0. The second kappa shape index (κ2) is 8.12. The molecule has 0 radical (unpaired) electrons. The van der Waals surface area contributed by atoms with Crippen LogP contribution in [0.3, 0.4) is 0 Å². The average molecular weight is 400 g/mol. The lowest BCUT2D eigenvalue weighted by Gasteiger charge is -2.15.